The van der Waals surface area contributed by atoms with Gasteiger partial charge in [0.1, 0.15) is 11.4 Å². The molecule has 2 rings (SSSR count). The van der Waals surface area contributed by atoms with Crippen molar-refractivity contribution in [3.8, 4) is 0 Å². The average Bonchev–Trinajstić information content (AvgIpc) is 3.06. The highest BCUT2D eigenvalue weighted by Crippen LogP contribution is 2.33. The molecule has 1 aromatic carbocycles. The number of nitrogens with zero attached hydrogens (tertiary/aromatic N) is 2. The van der Waals surface area contributed by atoms with Crippen molar-refractivity contribution in [2.24, 2.45) is 11.7 Å². The van der Waals surface area contributed by atoms with E-state index < -0.39 is 36.0 Å². The lowest BCUT2D eigenvalue weighted by Gasteiger charge is -2.23. The first kappa shape index (κ1) is 24.1. The van der Waals surface area contributed by atoms with Crippen LogP contribution in [0.3, 0.4) is 0 Å². The Kier molecular flexibility index (Phi) is 7.60. The van der Waals surface area contributed by atoms with Crippen molar-refractivity contribution in [1.82, 2.24) is 9.69 Å². The largest absolute Gasteiger partial charge is 0.416 e. The second-order valence-electron chi connectivity index (χ2n) is 7.11. The zero-order valence-corrected chi connectivity index (χ0v) is 17.6. The minimum Gasteiger partial charge on any atom is -0.395 e. The van der Waals surface area contributed by atoms with E-state index in [4.69, 9.17) is 11.5 Å². The SMILES string of the molecule is CC(C)CCNC(=O)CN(C(=O)c1snc(C(N)=O)c1N)c1cccc(C(F)(F)F)c1. The molecule has 12 heteroatoms. The van der Waals surface area contributed by atoms with E-state index in [1.54, 1.807) is 0 Å². The van der Waals surface area contributed by atoms with Crippen LogP contribution in [-0.4, -0.2) is 35.2 Å². The number of hydrogen-bond acceptors (Lipinski definition) is 6. The van der Waals surface area contributed by atoms with Crippen molar-refractivity contribution in [3.63, 3.8) is 0 Å². The molecule has 1 heterocycles. The molecule has 8 nitrogen and oxygen atoms in total. The summed E-state index contributed by atoms with van der Waals surface area (Å²) >= 11 is 0.573. The number of nitrogens with two attached hydrogens (primary N) is 2. The van der Waals surface area contributed by atoms with Crippen LogP contribution < -0.4 is 21.7 Å². The van der Waals surface area contributed by atoms with Gasteiger partial charge in [-0.15, -0.1) is 0 Å². The summed E-state index contributed by atoms with van der Waals surface area (Å²) in [5.41, 5.74) is 9.18. The van der Waals surface area contributed by atoms with Gasteiger partial charge in [0, 0.05) is 12.2 Å². The van der Waals surface area contributed by atoms with Gasteiger partial charge >= 0.3 is 6.18 Å². The molecule has 0 aliphatic rings. The van der Waals surface area contributed by atoms with Gasteiger partial charge in [0.15, 0.2) is 5.69 Å². The van der Waals surface area contributed by atoms with E-state index in [1.807, 2.05) is 13.8 Å². The second kappa shape index (κ2) is 9.77. The molecule has 0 saturated heterocycles. The highest BCUT2D eigenvalue weighted by atomic mass is 32.1. The predicted molar refractivity (Wildman–Crippen MR) is 111 cm³/mol. The summed E-state index contributed by atoms with van der Waals surface area (Å²) in [6, 6.07) is 3.99. The topological polar surface area (TPSA) is 131 Å². The van der Waals surface area contributed by atoms with Crippen LogP contribution in [-0.2, 0) is 11.0 Å². The predicted octanol–water partition coefficient (Wildman–Crippen LogP) is 2.65. The number of halogens is 3. The molecule has 0 aliphatic carbocycles. The van der Waals surface area contributed by atoms with Crippen LogP contribution in [0, 0.1) is 5.92 Å². The molecule has 0 radical (unpaired) electrons. The Morgan fingerprint density at radius 3 is 2.48 bits per heavy atom. The van der Waals surface area contributed by atoms with E-state index in [1.165, 1.54) is 6.07 Å². The molecule has 2 aromatic rings. The van der Waals surface area contributed by atoms with Gasteiger partial charge in [-0.25, -0.2) is 0 Å². The molecule has 0 aliphatic heterocycles. The second-order valence-corrected chi connectivity index (χ2v) is 7.88. The Bertz CT molecular complexity index is 975. The molecule has 5 N–H and O–H groups in total. The molecule has 1 aromatic heterocycles. The molecule has 0 unspecified atom stereocenters. The highest BCUT2D eigenvalue weighted by Gasteiger charge is 2.32. The lowest BCUT2D eigenvalue weighted by Crippen LogP contribution is -2.41. The quantitative estimate of drug-likeness (QED) is 0.561. The molecule has 0 bridgehead atoms. The zero-order valence-electron chi connectivity index (χ0n) is 16.8. The molecule has 3 amide bonds. The maximum Gasteiger partial charge on any atom is 0.416 e. The van der Waals surface area contributed by atoms with E-state index in [-0.39, 0.29) is 21.9 Å². The monoisotopic (exact) mass is 457 g/mol. The number of carbonyl (C=O) groups excluding carboxylic acids is 3. The van der Waals surface area contributed by atoms with E-state index >= 15 is 0 Å². The number of rotatable bonds is 8. The number of amides is 3. The van der Waals surface area contributed by atoms with Crippen molar-refractivity contribution in [1.29, 1.82) is 0 Å². The van der Waals surface area contributed by atoms with Crippen LogP contribution in [0.4, 0.5) is 24.5 Å². The van der Waals surface area contributed by atoms with Crippen molar-refractivity contribution < 1.29 is 27.6 Å². The molecular formula is C19H22F3N5O3S. The number of benzene rings is 1. The standard InChI is InChI=1S/C19H22F3N5O3S/c1-10(2)6-7-25-13(28)9-27(12-5-3-4-11(8-12)19(20,21)22)18(30)16-14(23)15(17(24)29)26-31-16/h3-5,8,10H,6-7,9,23H2,1-2H3,(H2,24,29)(H,25,28). The first-order valence-electron chi connectivity index (χ1n) is 9.22. The molecule has 0 saturated carbocycles. The molecule has 0 atom stereocenters. The minimum absolute atomic E-state index is 0.160. The zero-order chi connectivity index (χ0) is 23.3. The molecule has 168 valence electrons. The third-order valence-corrected chi connectivity index (χ3v) is 5.08. The minimum atomic E-state index is -4.65. The summed E-state index contributed by atoms with van der Waals surface area (Å²) in [5.74, 6) is -2.07. The number of primary amides is 1. The normalized spacial score (nSPS) is 11.4. The maximum absolute atomic E-state index is 13.2. The molecule has 31 heavy (non-hydrogen) atoms. The summed E-state index contributed by atoms with van der Waals surface area (Å²) in [7, 11) is 0. The Morgan fingerprint density at radius 2 is 1.94 bits per heavy atom. The number of alkyl halides is 3. The van der Waals surface area contributed by atoms with Gasteiger partial charge < -0.3 is 16.8 Å². The Morgan fingerprint density at radius 1 is 1.26 bits per heavy atom. The van der Waals surface area contributed by atoms with Crippen molar-refractivity contribution in [3.05, 3.63) is 40.4 Å². The van der Waals surface area contributed by atoms with Gasteiger partial charge in [0.05, 0.1) is 11.3 Å². The fourth-order valence-corrected chi connectivity index (χ4v) is 3.34. The van der Waals surface area contributed by atoms with Gasteiger partial charge in [-0.2, -0.15) is 17.5 Å². The Hall–Kier alpha value is -3.15. The van der Waals surface area contributed by atoms with Crippen LogP contribution >= 0.6 is 11.5 Å². The van der Waals surface area contributed by atoms with E-state index in [0.29, 0.717) is 30.4 Å². The van der Waals surface area contributed by atoms with Gasteiger partial charge in [0.2, 0.25) is 5.91 Å². The lowest BCUT2D eigenvalue weighted by atomic mass is 10.1. The summed E-state index contributed by atoms with van der Waals surface area (Å²) in [6.07, 6.45) is -3.96. The van der Waals surface area contributed by atoms with Gasteiger partial charge in [-0.1, -0.05) is 19.9 Å². The average molecular weight is 457 g/mol. The third kappa shape index (κ3) is 6.17. The van der Waals surface area contributed by atoms with Crippen LogP contribution in [0.1, 0.15) is 46.0 Å². The fraction of sp³-hybridized carbons (Fsp3) is 0.368. The Balaban J connectivity index is 2.40. The number of hydrogen-bond donors (Lipinski definition) is 3. The summed E-state index contributed by atoms with van der Waals surface area (Å²) in [4.78, 5) is 37.5. The number of anilines is 2. The van der Waals surface area contributed by atoms with E-state index in [0.717, 1.165) is 23.1 Å². The third-order valence-electron chi connectivity index (χ3n) is 4.23. The summed E-state index contributed by atoms with van der Waals surface area (Å²) < 4.78 is 43.2. The Labute approximate surface area is 180 Å². The van der Waals surface area contributed by atoms with Crippen molar-refractivity contribution >= 4 is 40.6 Å². The van der Waals surface area contributed by atoms with Crippen LogP contribution in [0.5, 0.6) is 0 Å². The van der Waals surface area contributed by atoms with E-state index in [9.17, 15) is 27.6 Å². The molecule has 0 spiro atoms. The molecular weight excluding hydrogens is 435 g/mol. The van der Waals surface area contributed by atoms with E-state index in [2.05, 4.69) is 9.69 Å². The van der Waals surface area contributed by atoms with Crippen molar-refractivity contribution in [2.45, 2.75) is 26.4 Å². The van der Waals surface area contributed by atoms with Crippen LogP contribution in [0.2, 0.25) is 0 Å². The lowest BCUT2D eigenvalue weighted by molar-refractivity contribution is -0.137. The summed E-state index contributed by atoms with van der Waals surface area (Å²) in [6.45, 7) is 3.72. The van der Waals surface area contributed by atoms with Crippen LogP contribution in [0.15, 0.2) is 24.3 Å². The van der Waals surface area contributed by atoms with Crippen LogP contribution in [0.25, 0.3) is 0 Å². The maximum atomic E-state index is 13.2. The summed E-state index contributed by atoms with van der Waals surface area (Å²) in [5, 5.41) is 2.63. The number of aromatic nitrogens is 1. The van der Waals surface area contributed by atoms with Gasteiger partial charge in [-0.05, 0) is 42.1 Å². The first-order chi connectivity index (χ1) is 14.4. The number of carbonyl (C=O) groups is 3. The molecule has 0 fully saturated rings. The smallest absolute Gasteiger partial charge is 0.395 e. The van der Waals surface area contributed by atoms with Crippen molar-refractivity contribution in [2.75, 3.05) is 23.7 Å². The number of nitrogen functional groups attached to an aromatic ring is 1. The van der Waals surface area contributed by atoms with Gasteiger partial charge in [0.25, 0.3) is 11.8 Å². The highest BCUT2D eigenvalue weighted by molar-refractivity contribution is 7.09. The fourth-order valence-electron chi connectivity index (χ4n) is 2.58. The van der Waals surface area contributed by atoms with Gasteiger partial charge in [-0.3, -0.25) is 19.3 Å². The number of nitrogens with one attached hydrogen (secondary N) is 1. The first-order valence-corrected chi connectivity index (χ1v) is 10.00.